The highest BCUT2D eigenvalue weighted by molar-refractivity contribution is 7.90. The van der Waals surface area contributed by atoms with E-state index in [-0.39, 0.29) is 11.0 Å². The summed E-state index contributed by atoms with van der Waals surface area (Å²) in [6, 6.07) is 5.79. The number of sulfone groups is 1. The van der Waals surface area contributed by atoms with Gasteiger partial charge in [0, 0.05) is 26.0 Å². The van der Waals surface area contributed by atoms with Gasteiger partial charge in [0.15, 0.2) is 0 Å². The van der Waals surface area contributed by atoms with E-state index in [9.17, 15) is 12.8 Å². The highest BCUT2D eigenvalue weighted by Gasteiger charge is 2.20. The standard InChI is InChI=1S/C11H13FN4O2S/c1-15(9-6-4-8(12)5-7-9)10-13-14-11(16(10)2)19(3,17)18/h4-7H,1-3H3. The minimum absolute atomic E-state index is 0.114. The molecule has 2 rings (SSSR count). The summed E-state index contributed by atoms with van der Waals surface area (Å²) in [5.41, 5.74) is 0.678. The Morgan fingerprint density at radius 3 is 2.26 bits per heavy atom. The lowest BCUT2D eigenvalue weighted by Crippen LogP contribution is -2.16. The van der Waals surface area contributed by atoms with Crippen molar-refractivity contribution in [1.29, 1.82) is 0 Å². The zero-order valence-corrected chi connectivity index (χ0v) is 11.5. The lowest BCUT2D eigenvalue weighted by Gasteiger charge is -2.17. The van der Waals surface area contributed by atoms with Gasteiger partial charge in [-0.1, -0.05) is 0 Å². The van der Waals surface area contributed by atoms with Crippen molar-refractivity contribution >= 4 is 21.5 Å². The average molecular weight is 284 g/mol. The summed E-state index contributed by atoms with van der Waals surface area (Å²) in [5, 5.41) is 7.39. The van der Waals surface area contributed by atoms with Crippen molar-refractivity contribution in [3.8, 4) is 0 Å². The van der Waals surface area contributed by atoms with Crippen molar-refractivity contribution in [2.24, 2.45) is 7.05 Å². The van der Waals surface area contributed by atoms with Crippen LogP contribution in [0, 0.1) is 5.82 Å². The molecule has 0 radical (unpaired) electrons. The van der Waals surface area contributed by atoms with Gasteiger partial charge in [-0.3, -0.25) is 4.57 Å². The van der Waals surface area contributed by atoms with Gasteiger partial charge in [-0.25, -0.2) is 12.8 Å². The van der Waals surface area contributed by atoms with E-state index in [0.29, 0.717) is 11.6 Å². The van der Waals surface area contributed by atoms with E-state index in [1.165, 1.54) is 16.7 Å². The number of rotatable bonds is 3. The SMILES string of the molecule is CN(c1ccc(F)cc1)c1nnc(S(C)(=O)=O)n1C. The summed E-state index contributed by atoms with van der Waals surface area (Å²) >= 11 is 0. The van der Waals surface area contributed by atoms with Crippen LogP contribution in [0.5, 0.6) is 0 Å². The lowest BCUT2D eigenvalue weighted by molar-refractivity contribution is 0.584. The average Bonchev–Trinajstić information content (AvgIpc) is 2.71. The first-order valence-electron chi connectivity index (χ1n) is 5.39. The summed E-state index contributed by atoms with van der Waals surface area (Å²) in [6.07, 6.45) is 1.07. The first-order chi connectivity index (χ1) is 8.80. The van der Waals surface area contributed by atoms with Crippen LogP contribution in [-0.2, 0) is 16.9 Å². The fourth-order valence-electron chi connectivity index (χ4n) is 1.70. The van der Waals surface area contributed by atoms with Crippen LogP contribution in [0.15, 0.2) is 29.4 Å². The van der Waals surface area contributed by atoms with E-state index in [1.807, 2.05) is 0 Å². The molecule has 1 aromatic carbocycles. The molecule has 0 N–H and O–H groups in total. The highest BCUT2D eigenvalue weighted by Crippen LogP contribution is 2.22. The molecule has 0 atom stereocenters. The monoisotopic (exact) mass is 284 g/mol. The number of aromatic nitrogens is 3. The maximum Gasteiger partial charge on any atom is 0.250 e. The second-order valence-electron chi connectivity index (χ2n) is 4.15. The van der Waals surface area contributed by atoms with E-state index in [0.717, 1.165) is 6.26 Å². The fourth-order valence-corrected chi connectivity index (χ4v) is 2.47. The molecular formula is C11H13FN4O2S. The Balaban J connectivity index is 2.43. The molecule has 8 heteroatoms. The van der Waals surface area contributed by atoms with Crippen LogP contribution in [0.1, 0.15) is 0 Å². The van der Waals surface area contributed by atoms with Crippen LogP contribution in [0.3, 0.4) is 0 Å². The molecule has 0 aliphatic carbocycles. The first kappa shape index (κ1) is 13.5. The third-order valence-electron chi connectivity index (χ3n) is 2.66. The van der Waals surface area contributed by atoms with Crippen molar-refractivity contribution in [3.05, 3.63) is 30.1 Å². The molecule has 102 valence electrons. The van der Waals surface area contributed by atoms with Gasteiger partial charge in [-0.2, -0.15) is 0 Å². The van der Waals surface area contributed by atoms with Gasteiger partial charge in [-0.15, -0.1) is 10.2 Å². The largest absolute Gasteiger partial charge is 0.314 e. The van der Waals surface area contributed by atoms with E-state index in [2.05, 4.69) is 10.2 Å². The lowest BCUT2D eigenvalue weighted by atomic mass is 10.3. The molecule has 0 spiro atoms. The summed E-state index contributed by atoms with van der Waals surface area (Å²) in [7, 11) is -0.173. The van der Waals surface area contributed by atoms with Crippen LogP contribution in [0.4, 0.5) is 16.0 Å². The van der Waals surface area contributed by atoms with Gasteiger partial charge in [0.05, 0.1) is 0 Å². The Hall–Kier alpha value is -1.96. The molecular weight excluding hydrogens is 271 g/mol. The highest BCUT2D eigenvalue weighted by atomic mass is 32.2. The van der Waals surface area contributed by atoms with E-state index in [1.54, 1.807) is 31.1 Å². The molecule has 6 nitrogen and oxygen atoms in total. The normalized spacial score (nSPS) is 11.6. The Labute approximate surface area is 110 Å². The summed E-state index contributed by atoms with van der Waals surface area (Å²) in [5.74, 6) is 0.0129. The number of hydrogen-bond acceptors (Lipinski definition) is 5. The van der Waals surface area contributed by atoms with Gasteiger partial charge in [-0.05, 0) is 24.3 Å². The van der Waals surface area contributed by atoms with Crippen LogP contribution in [-0.4, -0.2) is 36.5 Å². The number of nitrogens with zero attached hydrogens (tertiary/aromatic N) is 4. The second kappa shape index (κ2) is 4.61. The molecule has 2 aromatic rings. The predicted molar refractivity (Wildman–Crippen MR) is 68.6 cm³/mol. The molecule has 0 aliphatic rings. The fraction of sp³-hybridized carbons (Fsp3) is 0.273. The van der Waals surface area contributed by atoms with Crippen molar-refractivity contribution in [2.45, 2.75) is 5.16 Å². The molecule has 0 amide bonds. The Bertz CT molecular complexity index is 694. The van der Waals surface area contributed by atoms with Gasteiger partial charge < -0.3 is 4.90 Å². The minimum atomic E-state index is -3.43. The summed E-state index contributed by atoms with van der Waals surface area (Å²) in [6.45, 7) is 0. The maximum atomic E-state index is 12.9. The van der Waals surface area contributed by atoms with Crippen molar-refractivity contribution in [3.63, 3.8) is 0 Å². The van der Waals surface area contributed by atoms with Gasteiger partial charge in [0.1, 0.15) is 5.82 Å². The Morgan fingerprint density at radius 2 is 1.79 bits per heavy atom. The molecule has 0 aliphatic heterocycles. The minimum Gasteiger partial charge on any atom is -0.314 e. The van der Waals surface area contributed by atoms with Crippen LogP contribution >= 0.6 is 0 Å². The molecule has 0 saturated carbocycles. The van der Waals surface area contributed by atoms with E-state index >= 15 is 0 Å². The zero-order chi connectivity index (χ0) is 14.2. The van der Waals surface area contributed by atoms with Gasteiger partial charge in [0.2, 0.25) is 15.8 Å². The molecule has 0 fully saturated rings. The van der Waals surface area contributed by atoms with Crippen LogP contribution in [0.25, 0.3) is 0 Å². The third kappa shape index (κ3) is 2.58. The number of anilines is 2. The van der Waals surface area contributed by atoms with E-state index in [4.69, 9.17) is 0 Å². The predicted octanol–water partition coefficient (Wildman–Crippen LogP) is 1.13. The third-order valence-corrected chi connectivity index (χ3v) is 3.68. The second-order valence-corrected chi connectivity index (χ2v) is 6.06. The molecule has 0 unspecified atom stereocenters. The Kier molecular flexibility index (Phi) is 3.27. The number of hydrogen-bond donors (Lipinski definition) is 0. The molecule has 1 aromatic heterocycles. The van der Waals surface area contributed by atoms with Crippen molar-refractivity contribution in [2.75, 3.05) is 18.2 Å². The number of benzene rings is 1. The molecule has 0 saturated heterocycles. The van der Waals surface area contributed by atoms with Crippen molar-refractivity contribution in [1.82, 2.24) is 14.8 Å². The summed E-state index contributed by atoms with van der Waals surface area (Å²) in [4.78, 5) is 1.63. The zero-order valence-electron chi connectivity index (χ0n) is 10.7. The summed E-state index contributed by atoms with van der Waals surface area (Å²) < 4.78 is 37.2. The Morgan fingerprint density at radius 1 is 1.21 bits per heavy atom. The number of halogens is 1. The molecule has 19 heavy (non-hydrogen) atoms. The molecule has 0 bridgehead atoms. The van der Waals surface area contributed by atoms with Crippen LogP contribution in [0.2, 0.25) is 0 Å². The smallest absolute Gasteiger partial charge is 0.250 e. The van der Waals surface area contributed by atoms with Gasteiger partial charge in [0.25, 0.3) is 5.16 Å². The van der Waals surface area contributed by atoms with Crippen LogP contribution < -0.4 is 4.90 Å². The molecule has 1 heterocycles. The topological polar surface area (TPSA) is 68.1 Å². The van der Waals surface area contributed by atoms with Gasteiger partial charge >= 0.3 is 0 Å². The maximum absolute atomic E-state index is 12.9. The van der Waals surface area contributed by atoms with Crippen molar-refractivity contribution < 1.29 is 12.8 Å². The quantitative estimate of drug-likeness (QED) is 0.845. The van der Waals surface area contributed by atoms with E-state index < -0.39 is 9.84 Å². The first-order valence-corrected chi connectivity index (χ1v) is 7.28.